The lowest BCUT2D eigenvalue weighted by Crippen LogP contribution is -2.29. The third-order valence-corrected chi connectivity index (χ3v) is 2.93. The van der Waals surface area contributed by atoms with Gasteiger partial charge in [-0.1, -0.05) is 18.2 Å². The average molecular weight is 260 g/mol. The van der Waals surface area contributed by atoms with Gasteiger partial charge in [0.25, 0.3) is 11.5 Å². The maximum absolute atomic E-state index is 12.1. The number of fused-ring (bicyclic) bond motifs is 1. The molecule has 0 spiro atoms. The van der Waals surface area contributed by atoms with Crippen molar-refractivity contribution < 1.29 is 9.53 Å². The van der Waals surface area contributed by atoms with Gasteiger partial charge in [0, 0.05) is 37.7 Å². The SMILES string of the molecule is COCCNC(=O)c1cn(C)c(=O)c2ccccc12. The van der Waals surface area contributed by atoms with Gasteiger partial charge in [-0.3, -0.25) is 9.59 Å². The Balaban J connectivity index is 2.46. The number of pyridine rings is 1. The second-order valence-electron chi connectivity index (χ2n) is 4.25. The number of aryl methyl sites for hydroxylation is 1. The van der Waals surface area contributed by atoms with Crippen LogP contribution in [0.25, 0.3) is 10.8 Å². The summed E-state index contributed by atoms with van der Waals surface area (Å²) >= 11 is 0. The summed E-state index contributed by atoms with van der Waals surface area (Å²) in [5.41, 5.74) is 0.387. The molecule has 0 saturated carbocycles. The Morgan fingerprint density at radius 2 is 2.00 bits per heavy atom. The topological polar surface area (TPSA) is 60.3 Å². The lowest BCUT2D eigenvalue weighted by molar-refractivity contribution is 0.0938. The van der Waals surface area contributed by atoms with Gasteiger partial charge in [0.15, 0.2) is 0 Å². The molecule has 1 heterocycles. The Labute approximate surface area is 110 Å². The zero-order valence-electron chi connectivity index (χ0n) is 11.0. The minimum absolute atomic E-state index is 0.107. The van der Waals surface area contributed by atoms with Crippen LogP contribution in [-0.4, -0.2) is 30.7 Å². The highest BCUT2D eigenvalue weighted by atomic mass is 16.5. The normalized spacial score (nSPS) is 10.6. The predicted molar refractivity (Wildman–Crippen MR) is 73.4 cm³/mol. The van der Waals surface area contributed by atoms with E-state index < -0.39 is 0 Å². The van der Waals surface area contributed by atoms with Gasteiger partial charge in [-0.25, -0.2) is 0 Å². The van der Waals surface area contributed by atoms with E-state index in [4.69, 9.17) is 4.74 Å². The van der Waals surface area contributed by atoms with Crippen molar-refractivity contribution >= 4 is 16.7 Å². The number of aromatic nitrogens is 1. The van der Waals surface area contributed by atoms with Gasteiger partial charge < -0.3 is 14.6 Å². The summed E-state index contributed by atoms with van der Waals surface area (Å²) in [6.07, 6.45) is 1.56. The molecule has 2 rings (SSSR count). The van der Waals surface area contributed by atoms with E-state index in [1.165, 1.54) is 4.57 Å². The molecule has 100 valence electrons. The van der Waals surface area contributed by atoms with Crippen molar-refractivity contribution in [2.45, 2.75) is 0 Å². The molecule has 0 radical (unpaired) electrons. The Kier molecular flexibility index (Phi) is 3.97. The van der Waals surface area contributed by atoms with Gasteiger partial charge >= 0.3 is 0 Å². The maximum Gasteiger partial charge on any atom is 0.258 e. The molecule has 1 aromatic heterocycles. The van der Waals surface area contributed by atoms with Gasteiger partial charge in [-0.2, -0.15) is 0 Å². The van der Waals surface area contributed by atoms with Crippen LogP contribution in [0.5, 0.6) is 0 Å². The fourth-order valence-electron chi connectivity index (χ4n) is 1.96. The molecule has 0 aliphatic heterocycles. The number of benzene rings is 1. The maximum atomic E-state index is 12.1. The molecule has 5 heteroatoms. The largest absolute Gasteiger partial charge is 0.383 e. The van der Waals surface area contributed by atoms with Crippen molar-refractivity contribution in [3.05, 3.63) is 46.4 Å². The molecule has 0 fully saturated rings. The van der Waals surface area contributed by atoms with Crippen molar-refractivity contribution in [3.63, 3.8) is 0 Å². The number of hydrogen-bond acceptors (Lipinski definition) is 3. The first-order valence-electron chi connectivity index (χ1n) is 6.00. The Hall–Kier alpha value is -2.14. The summed E-state index contributed by atoms with van der Waals surface area (Å²) in [5.74, 6) is -0.205. The minimum atomic E-state index is -0.205. The first-order chi connectivity index (χ1) is 9.15. The van der Waals surface area contributed by atoms with Crippen LogP contribution < -0.4 is 10.9 Å². The van der Waals surface area contributed by atoms with E-state index in [-0.39, 0.29) is 11.5 Å². The highest BCUT2D eigenvalue weighted by molar-refractivity contribution is 6.06. The summed E-state index contributed by atoms with van der Waals surface area (Å²) in [7, 11) is 3.22. The van der Waals surface area contributed by atoms with Crippen LogP contribution in [0.1, 0.15) is 10.4 Å². The third-order valence-electron chi connectivity index (χ3n) is 2.93. The number of carbonyl (C=O) groups is 1. The fourth-order valence-corrected chi connectivity index (χ4v) is 1.96. The van der Waals surface area contributed by atoms with E-state index in [0.29, 0.717) is 29.5 Å². The summed E-state index contributed by atoms with van der Waals surface area (Å²) in [6.45, 7) is 0.891. The smallest absolute Gasteiger partial charge is 0.258 e. The molecule has 0 aliphatic carbocycles. The first kappa shape index (κ1) is 13.3. The second kappa shape index (κ2) is 5.67. The lowest BCUT2D eigenvalue weighted by Gasteiger charge is -2.09. The van der Waals surface area contributed by atoms with Crippen LogP contribution in [0.4, 0.5) is 0 Å². The van der Waals surface area contributed by atoms with Crippen molar-refractivity contribution in [2.75, 3.05) is 20.3 Å². The first-order valence-corrected chi connectivity index (χ1v) is 6.00. The molecule has 1 N–H and O–H groups in total. The molecular weight excluding hydrogens is 244 g/mol. The van der Waals surface area contributed by atoms with Gasteiger partial charge in [0.05, 0.1) is 12.2 Å². The fraction of sp³-hybridized carbons (Fsp3) is 0.286. The van der Waals surface area contributed by atoms with Crippen LogP contribution in [0, 0.1) is 0 Å². The standard InChI is InChI=1S/C14H16N2O3/c1-16-9-12(13(17)15-7-8-19-2)10-5-3-4-6-11(10)14(16)18/h3-6,9H,7-8H2,1-2H3,(H,15,17). The van der Waals surface area contributed by atoms with Gasteiger partial charge in [-0.05, 0) is 6.07 Å². The molecular formula is C14H16N2O3. The van der Waals surface area contributed by atoms with E-state index in [0.717, 1.165) is 0 Å². The highest BCUT2D eigenvalue weighted by Crippen LogP contribution is 2.14. The van der Waals surface area contributed by atoms with E-state index in [1.54, 1.807) is 38.6 Å². The predicted octanol–water partition coefficient (Wildman–Crippen LogP) is 0.915. The summed E-state index contributed by atoms with van der Waals surface area (Å²) < 4.78 is 6.31. The molecule has 2 aromatic rings. The van der Waals surface area contributed by atoms with Crippen molar-refractivity contribution in [1.29, 1.82) is 0 Å². The molecule has 1 amide bonds. The van der Waals surface area contributed by atoms with Crippen LogP contribution in [0.15, 0.2) is 35.3 Å². The number of carbonyl (C=O) groups excluding carboxylic acids is 1. The minimum Gasteiger partial charge on any atom is -0.383 e. The summed E-state index contributed by atoms with van der Waals surface area (Å²) in [5, 5.41) is 3.97. The zero-order valence-corrected chi connectivity index (χ0v) is 11.0. The van der Waals surface area contributed by atoms with Crippen molar-refractivity contribution in [3.8, 4) is 0 Å². The monoisotopic (exact) mass is 260 g/mol. The van der Waals surface area contributed by atoms with Crippen LogP contribution in [0.2, 0.25) is 0 Å². The zero-order chi connectivity index (χ0) is 13.8. The van der Waals surface area contributed by atoms with Crippen LogP contribution in [0.3, 0.4) is 0 Å². The molecule has 19 heavy (non-hydrogen) atoms. The Morgan fingerprint density at radius 1 is 1.32 bits per heavy atom. The number of methoxy groups -OCH3 is 1. The van der Waals surface area contributed by atoms with E-state index in [2.05, 4.69) is 5.32 Å². The van der Waals surface area contributed by atoms with Crippen molar-refractivity contribution in [2.24, 2.45) is 7.05 Å². The molecule has 0 bridgehead atoms. The van der Waals surface area contributed by atoms with Crippen LogP contribution >= 0.6 is 0 Å². The number of ether oxygens (including phenoxy) is 1. The number of nitrogens with one attached hydrogen (secondary N) is 1. The average Bonchev–Trinajstić information content (AvgIpc) is 2.43. The Morgan fingerprint density at radius 3 is 2.68 bits per heavy atom. The second-order valence-corrected chi connectivity index (χ2v) is 4.25. The van der Waals surface area contributed by atoms with E-state index in [1.807, 2.05) is 6.07 Å². The van der Waals surface area contributed by atoms with Gasteiger partial charge in [0.1, 0.15) is 0 Å². The van der Waals surface area contributed by atoms with E-state index in [9.17, 15) is 9.59 Å². The lowest BCUT2D eigenvalue weighted by atomic mass is 10.1. The van der Waals surface area contributed by atoms with Crippen molar-refractivity contribution in [1.82, 2.24) is 9.88 Å². The van der Waals surface area contributed by atoms with Crippen LogP contribution in [-0.2, 0) is 11.8 Å². The van der Waals surface area contributed by atoms with Gasteiger partial charge in [-0.15, -0.1) is 0 Å². The molecule has 0 saturated heterocycles. The molecule has 5 nitrogen and oxygen atoms in total. The number of nitrogens with zero attached hydrogens (tertiary/aromatic N) is 1. The number of hydrogen-bond donors (Lipinski definition) is 1. The molecule has 0 aliphatic rings. The molecule has 0 unspecified atom stereocenters. The summed E-state index contributed by atoms with van der Waals surface area (Å²) in [6, 6.07) is 7.11. The Bertz CT molecular complexity index is 661. The third kappa shape index (κ3) is 2.66. The highest BCUT2D eigenvalue weighted by Gasteiger charge is 2.12. The van der Waals surface area contributed by atoms with Gasteiger partial charge in [0.2, 0.25) is 0 Å². The quantitative estimate of drug-likeness (QED) is 0.831. The van der Waals surface area contributed by atoms with E-state index >= 15 is 0 Å². The number of amides is 1. The molecule has 1 aromatic carbocycles. The summed E-state index contributed by atoms with van der Waals surface area (Å²) in [4.78, 5) is 24.1. The number of rotatable bonds is 4. The molecule has 0 atom stereocenters.